The Labute approximate surface area is 90.3 Å². The van der Waals surface area contributed by atoms with Gasteiger partial charge in [0.15, 0.2) is 0 Å². The average molecular weight is 213 g/mol. The van der Waals surface area contributed by atoms with Crippen LogP contribution in [0.2, 0.25) is 0 Å². The molecule has 4 heteroatoms. The fraction of sp³-hybridized carbons (Fsp3) is 0.700. The minimum absolute atomic E-state index is 0.712. The highest BCUT2D eigenvalue weighted by Gasteiger charge is 2.02. The number of rotatable bonds is 5. The van der Waals surface area contributed by atoms with E-state index >= 15 is 0 Å². The maximum absolute atomic E-state index is 4.38. The predicted octanol–water partition coefficient (Wildman–Crippen LogP) is 2.28. The molecule has 1 atom stereocenters. The van der Waals surface area contributed by atoms with Crippen LogP contribution >= 0.6 is 11.8 Å². The summed E-state index contributed by atoms with van der Waals surface area (Å²) < 4.78 is 2.03. The van der Waals surface area contributed by atoms with Crippen molar-refractivity contribution in [2.24, 2.45) is 7.05 Å². The molecular formula is C10H19N3S. The molecule has 1 rings (SSSR count). The van der Waals surface area contributed by atoms with Crippen LogP contribution in [0, 0.1) is 6.92 Å². The van der Waals surface area contributed by atoms with Gasteiger partial charge >= 0.3 is 0 Å². The highest BCUT2D eigenvalue weighted by Crippen LogP contribution is 2.10. The van der Waals surface area contributed by atoms with E-state index in [1.54, 1.807) is 0 Å². The molecule has 0 aliphatic carbocycles. The van der Waals surface area contributed by atoms with Gasteiger partial charge in [-0.3, -0.25) is 0 Å². The molecule has 1 aromatic rings. The van der Waals surface area contributed by atoms with Crippen LogP contribution in [0.15, 0.2) is 6.20 Å². The van der Waals surface area contributed by atoms with E-state index in [2.05, 4.69) is 23.5 Å². The smallest absolute Gasteiger partial charge is 0.202 e. The van der Waals surface area contributed by atoms with Crippen LogP contribution in [-0.4, -0.2) is 27.6 Å². The predicted molar refractivity (Wildman–Crippen MR) is 64.0 cm³/mol. The molecular weight excluding hydrogens is 194 g/mol. The van der Waals surface area contributed by atoms with Gasteiger partial charge in [-0.25, -0.2) is 4.98 Å². The van der Waals surface area contributed by atoms with Crippen LogP contribution in [0.1, 0.15) is 19.0 Å². The Balaban J connectivity index is 2.34. The van der Waals surface area contributed by atoms with E-state index in [4.69, 9.17) is 0 Å². The molecule has 14 heavy (non-hydrogen) atoms. The minimum atomic E-state index is 0.712. The molecule has 0 aliphatic rings. The van der Waals surface area contributed by atoms with E-state index in [0.717, 1.165) is 18.2 Å². The van der Waals surface area contributed by atoms with E-state index < -0.39 is 0 Å². The normalized spacial score (nSPS) is 12.9. The van der Waals surface area contributed by atoms with E-state index in [0.29, 0.717) is 5.25 Å². The first-order valence-electron chi connectivity index (χ1n) is 4.90. The number of nitrogens with zero attached hydrogens (tertiary/aromatic N) is 2. The monoisotopic (exact) mass is 213 g/mol. The van der Waals surface area contributed by atoms with Crippen molar-refractivity contribution in [3.8, 4) is 0 Å². The van der Waals surface area contributed by atoms with Crippen molar-refractivity contribution < 1.29 is 0 Å². The highest BCUT2D eigenvalue weighted by atomic mass is 32.2. The Hall–Kier alpha value is -0.640. The Morgan fingerprint density at radius 2 is 2.36 bits per heavy atom. The van der Waals surface area contributed by atoms with E-state index in [9.17, 15) is 0 Å². The number of hydrogen-bond acceptors (Lipinski definition) is 3. The third kappa shape index (κ3) is 3.25. The third-order valence-electron chi connectivity index (χ3n) is 2.23. The number of nitrogens with one attached hydrogen (secondary N) is 1. The van der Waals surface area contributed by atoms with E-state index in [1.165, 1.54) is 6.42 Å². The lowest BCUT2D eigenvalue weighted by atomic mass is 10.3. The fourth-order valence-corrected chi connectivity index (χ4v) is 1.64. The Morgan fingerprint density at radius 3 is 2.86 bits per heavy atom. The van der Waals surface area contributed by atoms with Crippen molar-refractivity contribution in [1.29, 1.82) is 0 Å². The Bertz CT molecular complexity index is 283. The summed E-state index contributed by atoms with van der Waals surface area (Å²) in [6, 6.07) is 0. The number of imidazole rings is 1. The van der Waals surface area contributed by atoms with Crippen molar-refractivity contribution in [1.82, 2.24) is 9.55 Å². The zero-order valence-electron chi connectivity index (χ0n) is 9.37. The summed E-state index contributed by atoms with van der Waals surface area (Å²) in [6.07, 6.45) is 5.35. The molecule has 0 aliphatic heterocycles. The minimum Gasteiger partial charge on any atom is -0.356 e. The summed E-state index contributed by atoms with van der Waals surface area (Å²) in [6.45, 7) is 5.25. The SMILES string of the molecule is CSC(C)CCNc1nc(C)cn1C. The lowest BCUT2D eigenvalue weighted by molar-refractivity contribution is 0.826. The van der Waals surface area contributed by atoms with Crippen molar-refractivity contribution in [2.75, 3.05) is 18.1 Å². The van der Waals surface area contributed by atoms with Crippen molar-refractivity contribution in [2.45, 2.75) is 25.5 Å². The van der Waals surface area contributed by atoms with Crippen LogP contribution in [0.25, 0.3) is 0 Å². The van der Waals surface area contributed by atoms with Crippen LogP contribution < -0.4 is 5.32 Å². The molecule has 1 aromatic heterocycles. The van der Waals surface area contributed by atoms with Crippen LogP contribution in [0.5, 0.6) is 0 Å². The van der Waals surface area contributed by atoms with Gasteiger partial charge in [-0.2, -0.15) is 11.8 Å². The second-order valence-corrected chi connectivity index (χ2v) is 4.85. The Kier molecular flexibility index (Phi) is 4.32. The van der Waals surface area contributed by atoms with Crippen LogP contribution in [-0.2, 0) is 7.05 Å². The van der Waals surface area contributed by atoms with Gasteiger partial charge in [-0.05, 0) is 19.6 Å². The maximum atomic E-state index is 4.38. The van der Waals surface area contributed by atoms with Gasteiger partial charge in [0.2, 0.25) is 5.95 Å². The summed E-state index contributed by atoms with van der Waals surface area (Å²) in [5, 5.41) is 4.05. The molecule has 3 nitrogen and oxygen atoms in total. The number of aromatic nitrogens is 2. The molecule has 0 radical (unpaired) electrons. The van der Waals surface area contributed by atoms with E-state index in [1.807, 2.05) is 36.5 Å². The average Bonchev–Trinajstić information content (AvgIpc) is 2.45. The van der Waals surface area contributed by atoms with Crippen LogP contribution in [0.4, 0.5) is 5.95 Å². The van der Waals surface area contributed by atoms with Gasteiger partial charge < -0.3 is 9.88 Å². The molecule has 0 fully saturated rings. The van der Waals surface area contributed by atoms with E-state index in [-0.39, 0.29) is 0 Å². The molecule has 1 N–H and O–H groups in total. The number of anilines is 1. The first-order valence-corrected chi connectivity index (χ1v) is 6.19. The first-order chi connectivity index (χ1) is 6.63. The van der Waals surface area contributed by atoms with Crippen molar-refractivity contribution >= 4 is 17.7 Å². The maximum Gasteiger partial charge on any atom is 0.202 e. The molecule has 1 heterocycles. The number of aryl methyl sites for hydroxylation is 2. The molecule has 0 saturated heterocycles. The fourth-order valence-electron chi connectivity index (χ4n) is 1.29. The quantitative estimate of drug-likeness (QED) is 0.814. The largest absolute Gasteiger partial charge is 0.356 e. The summed E-state index contributed by atoms with van der Waals surface area (Å²) in [4.78, 5) is 4.38. The number of thioether (sulfide) groups is 1. The van der Waals surface area contributed by atoms with Crippen molar-refractivity contribution in [3.05, 3.63) is 11.9 Å². The van der Waals surface area contributed by atoms with Gasteiger partial charge in [0, 0.05) is 25.0 Å². The van der Waals surface area contributed by atoms with Gasteiger partial charge in [0.1, 0.15) is 0 Å². The zero-order valence-corrected chi connectivity index (χ0v) is 10.2. The summed E-state index contributed by atoms with van der Waals surface area (Å²) >= 11 is 1.90. The molecule has 80 valence electrons. The second kappa shape index (κ2) is 5.29. The van der Waals surface area contributed by atoms with Gasteiger partial charge in [-0.15, -0.1) is 0 Å². The topological polar surface area (TPSA) is 29.9 Å². The van der Waals surface area contributed by atoms with Gasteiger partial charge in [0.25, 0.3) is 0 Å². The molecule has 1 unspecified atom stereocenters. The molecule has 0 amide bonds. The number of hydrogen-bond donors (Lipinski definition) is 1. The first kappa shape index (κ1) is 11.4. The third-order valence-corrected chi connectivity index (χ3v) is 3.27. The molecule has 0 aromatic carbocycles. The summed E-state index contributed by atoms with van der Waals surface area (Å²) in [7, 11) is 2.01. The highest BCUT2D eigenvalue weighted by molar-refractivity contribution is 7.99. The Morgan fingerprint density at radius 1 is 1.64 bits per heavy atom. The summed E-state index contributed by atoms with van der Waals surface area (Å²) in [5.74, 6) is 0.968. The van der Waals surface area contributed by atoms with Crippen LogP contribution in [0.3, 0.4) is 0 Å². The lowest BCUT2D eigenvalue weighted by Crippen LogP contribution is -2.10. The van der Waals surface area contributed by atoms with Gasteiger partial charge in [0.05, 0.1) is 5.69 Å². The molecule has 0 spiro atoms. The molecule has 0 saturated carbocycles. The molecule has 0 bridgehead atoms. The van der Waals surface area contributed by atoms with Crippen molar-refractivity contribution in [3.63, 3.8) is 0 Å². The lowest BCUT2D eigenvalue weighted by Gasteiger charge is -2.09. The zero-order chi connectivity index (χ0) is 10.6. The summed E-state index contributed by atoms with van der Waals surface area (Å²) in [5.41, 5.74) is 1.06. The van der Waals surface area contributed by atoms with Gasteiger partial charge in [-0.1, -0.05) is 6.92 Å². The standard InChI is InChI=1S/C10H19N3S/c1-8-7-13(3)10(12-8)11-6-5-9(2)14-4/h7,9H,5-6H2,1-4H3,(H,11,12). The second-order valence-electron chi connectivity index (χ2n) is 3.58.